The monoisotopic (exact) mass is 528 g/mol. The molecule has 202 valence electrons. The number of anilines is 2. The zero-order valence-electron chi connectivity index (χ0n) is 22.7. The van der Waals surface area contributed by atoms with Crippen LogP contribution in [0.15, 0.2) is 66.7 Å². The molecule has 2 N–H and O–H groups in total. The van der Waals surface area contributed by atoms with Gasteiger partial charge in [0, 0.05) is 43.8 Å². The summed E-state index contributed by atoms with van der Waals surface area (Å²) in [5.41, 5.74) is 4.79. The van der Waals surface area contributed by atoms with Crippen LogP contribution in [0.4, 0.5) is 11.6 Å². The Morgan fingerprint density at radius 2 is 1.54 bits per heavy atom. The van der Waals surface area contributed by atoms with E-state index < -0.39 is 0 Å². The Labute approximate surface area is 227 Å². The van der Waals surface area contributed by atoms with Gasteiger partial charge in [-0.1, -0.05) is 24.3 Å². The van der Waals surface area contributed by atoms with Gasteiger partial charge in [0.25, 0.3) is 5.91 Å². The minimum Gasteiger partial charge on any atom is -0.497 e. The van der Waals surface area contributed by atoms with Gasteiger partial charge >= 0.3 is 0 Å². The minimum atomic E-state index is -0.330. The summed E-state index contributed by atoms with van der Waals surface area (Å²) in [6, 6.07) is 20.4. The highest BCUT2D eigenvalue weighted by Crippen LogP contribution is 2.30. The third-order valence-electron chi connectivity index (χ3n) is 6.32. The lowest BCUT2D eigenvalue weighted by atomic mass is 10.0. The molecule has 9 nitrogen and oxygen atoms in total. The van der Waals surface area contributed by atoms with Crippen molar-refractivity contribution < 1.29 is 23.8 Å². The number of aromatic nitrogens is 2. The highest BCUT2D eigenvalue weighted by atomic mass is 16.5. The van der Waals surface area contributed by atoms with Gasteiger partial charge in [0.1, 0.15) is 5.75 Å². The summed E-state index contributed by atoms with van der Waals surface area (Å²) in [6.07, 6.45) is 1.12. The first-order valence-electron chi connectivity index (χ1n) is 12.4. The van der Waals surface area contributed by atoms with Gasteiger partial charge in [0.05, 0.1) is 27.0 Å². The number of hydrogen-bond donors (Lipinski definition) is 2. The quantitative estimate of drug-likeness (QED) is 0.305. The minimum absolute atomic E-state index is 0.209. The van der Waals surface area contributed by atoms with Gasteiger partial charge in [-0.15, -0.1) is 0 Å². The van der Waals surface area contributed by atoms with Crippen LogP contribution in [0.3, 0.4) is 0 Å². The second kappa shape index (κ2) is 12.2. The van der Waals surface area contributed by atoms with Crippen molar-refractivity contribution in [2.45, 2.75) is 19.8 Å². The molecule has 0 radical (unpaired) electrons. The predicted molar refractivity (Wildman–Crippen MR) is 150 cm³/mol. The van der Waals surface area contributed by atoms with Gasteiger partial charge in [-0.25, -0.2) is 4.98 Å². The number of amides is 2. The molecule has 1 heterocycles. The molecule has 0 spiro atoms. The van der Waals surface area contributed by atoms with Crippen LogP contribution in [0.1, 0.15) is 39.8 Å². The fourth-order valence-corrected chi connectivity index (χ4v) is 4.30. The Hall–Kier alpha value is -4.79. The van der Waals surface area contributed by atoms with Gasteiger partial charge in [0.15, 0.2) is 11.5 Å². The van der Waals surface area contributed by atoms with Crippen molar-refractivity contribution in [3.8, 4) is 17.2 Å². The average molecular weight is 529 g/mol. The van der Waals surface area contributed by atoms with Gasteiger partial charge in [-0.05, 0) is 53.6 Å². The number of methoxy groups -OCH3 is 3. The zero-order valence-corrected chi connectivity index (χ0v) is 22.7. The molecule has 4 aromatic rings. The maximum Gasteiger partial charge on any atom is 0.258 e. The van der Waals surface area contributed by atoms with Crippen molar-refractivity contribution in [3.63, 3.8) is 0 Å². The Morgan fingerprint density at radius 1 is 0.821 bits per heavy atom. The molecule has 0 atom stereocenters. The van der Waals surface area contributed by atoms with Gasteiger partial charge in [0.2, 0.25) is 11.9 Å². The lowest BCUT2D eigenvalue weighted by Gasteiger charge is -2.12. The molecule has 1 aromatic heterocycles. The summed E-state index contributed by atoms with van der Waals surface area (Å²) >= 11 is 0. The summed E-state index contributed by atoms with van der Waals surface area (Å²) in [7, 11) is 6.72. The first-order chi connectivity index (χ1) is 18.8. The van der Waals surface area contributed by atoms with E-state index in [2.05, 4.69) is 10.6 Å². The largest absolute Gasteiger partial charge is 0.497 e. The third-order valence-corrected chi connectivity index (χ3v) is 6.32. The zero-order chi connectivity index (χ0) is 27.9. The molecule has 0 unspecified atom stereocenters. The molecular formula is C30H32N4O5. The number of nitrogens with zero attached hydrogens (tertiary/aromatic N) is 2. The molecule has 0 aliphatic heterocycles. The van der Waals surface area contributed by atoms with Crippen LogP contribution < -0.4 is 24.8 Å². The van der Waals surface area contributed by atoms with Crippen molar-refractivity contribution in [1.29, 1.82) is 0 Å². The van der Waals surface area contributed by atoms with Crippen molar-refractivity contribution in [1.82, 2.24) is 9.55 Å². The van der Waals surface area contributed by atoms with E-state index >= 15 is 0 Å². The van der Waals surface area contributed by atoms with Crippen molar-refractivity contribution in [2.75, 3.05) is 32.0 Å². The van der Waals surface area contributed by atoms with Gasteiger partial charge < -0.3 is 24.1 Å². The van der Waals surface area contributed by atoms with E-state index in [1.807, 2.05) is 54.1 Å². The summed E-state index contributed by atoms with van der Waals surface area (Å²) in [5, 5.41) is 5.63. The molecule has 0 aliphatic carbocycles. The lowest BCUT2D eigenvalue weighted by molar-refractivity contribution is -0.114. The molecule has 0 bridgehead atoms. The first kappa shape index (κ1) is 27.3. The second-order valence-electron chi connectivity index (χ2n) is 8.99. The van der Waals surface area contributed by atoms with E-state index in [4.69, 9.17) is 19.2 Å². The summed E-state index contributed by atoms with van der Waals surface area (Å²) in [5.74, 6) is 1.95. The van der Waals surface area contributed by atoms with Crippen LogP contribution in [0.5, 0.6) is 17.2 Å². The van der Waals surface area contributed by atoms with Crippen LogP contribution in [-0.2, 0) is 24.7 Å². The number of carbonyl (C=O) groups is 2. The maximum absolute atomic E-state index is 13.1. The highest BCUT2D eigenvalue weighted by molar-refractivity contribution is 6.04. The molecule has 0 saturated carbocycles. The fraction of sp³-hybridized carbons (Fsp3) is 0.233. The van der Waals surface area contributed by atoms with Crippen LogP contribution in [0, 0.1) is 0 Å². The van der Waals surface area contributed by atoms with Crippen molar-refractivity contribution in [3.05, 3.63) is 94.8 Å². The third kappa shape index (κ3) is 6.56. The first-order valence-corrected chi connectivity index (χ1v) is 12.4. The van der Waals surface area contributed by atoms with E-state index in [0.29, 0.717) is 41.5 Å². The van der Waals surface area contributed by atoms with Crippen molar-refractivity contribution in [2.24, 2.45) is 7.05 Å². The smallest absolute Gasteiger partial charge is 0.258 e. The van der Waals surface area contributed by atoms with E-state index in [-0.39, 0.29) is 11.8 Å². The topological polar surface area (TPSA) is 104 Å². The molecule has 4 rings (SSSR count). The normalized spacial score (nSPS) is 10.6. The van der Waals surface area contributed by atoms with E-state index in [0.717, 1.165) is 28.3 Å². The van der Waals surface area contributed by atoms with Crippen LogP contribution in [0.25, 0.3) is 0 Å². The standard InChI is InChI=1S/C30H32N4O5/c1-19(35)31-23-8-6-7-22(18-23)29(36)33-30-32-25(15-20-9-12-24(37-3)13-10-20)26(34(30)2)16-21-11-14-27(38-4)28(17-21)39-5/h6-14,17-18H,15-16H2,1-5H3,(H,31,35)(H,32,33,36). The maximum atomic E-state index is 13.1. The molecule has 0 aliphatic rings. The van der Waals surface area contributed by atoms with E-state index in [1.54, 1.807) is 45.6 Å². The molecule has 2 amide bonds. The highest BCUT2D eigenvalue weighted by Gasteiger charge is 2.19. The fourth-order valence-electron chi connectivity index (χ4n) is 4.30. The SMILES string of the molecule is COc1ccc(Cc2nc(NC(=O)c3cccc(NC(C)=O)c3)n(C)c2Cc2ccc(OC)c(OC)c2)cc1. The van der Waals surface area contributed by atoms with Crippen LogP contribution >= 0.6 is 0 Å². The van der Waals surface area contributed by atoms with Crippen LogP contribution in [0.2, 0.25) is 0 Å². The molecule has 0 fully saturated rings. The number of nitrogens with one attached hydrogen (secondary N) is 2. The molecule has 3 aromatic carbocycles. The summed E-state index contributed by atoms with van der Waals surface area (Å²) in [6.45, 7) is 1.42. The van der Waals surface area contributed by atoms with Gasteiger partial charge in [-0.2, -0.15) is 0 Å². The number of rotatable bonds is 10. The van der Waals surface area contributed by atoms with Gasteiger partial charge in [-0.3, -0.25) is 14.9 Å². The number of benzene rings is 3. The molecule has 0 saturated heterocycles. The van der Waals surface area contributed by atoms with Crippen molar-refractivity contribution >= 4 is 23.5 Å². The Balaban J connectivity index is 1.67. The molecular weight excluding hydrogens is 496 g/mol. The number of ether oxygens (including phenoxy) is 3. The molecule has 9 heteroatoms. The Bertz CT molecular complexity index is 1480. The summed E-state index contributed by atoms with van der Waals surface area (Å²) in [4.78, 5) is 29.4. The number of carbonyl (C=O) groups excluding carboxylic acids is 2. The second-order valence-corrected chi connectivity index (χ2v) is 8.99. The Kier molecular flexibility index (Phi) is 8.50. The molecule has 39 heavy (non-hydrogen) atoms. The lowest BCUT2D eigenvalue weighted by Crippen LogP contribution is -2.16. The predicted octanol–water partition coefficient (Wildman–Crippen LogP) is 4.84. The Morgan fingerprint density at radius 3 is 2.21 bits per heavy atom. The number of imidazole rings is 1. The van der Waals surface area contributed by atoms with E-state index in [1.165, 1.54) is 6.92 Å². The van der Waals surface area contributed by atoms with E-state index in [9.17, 15) is 9.59 Å². The average Bonchev–Trinajstić information content (AvgIpc) is 3.21. The summed E-state index contributed by atoms with van der Waals surface area (Å²) < 4.78 is 18.1. The number of hydrogen-bond acceptors (Lipinski definition) is 6. The van der Waals surface area contributed by atoms with Crippen LogP contribution in [-0.4, -0.2) is 42.7 Å².